The topological polar surface area (TPSA) is 141 Å². The number of ketones is 1. The van der Waals surface area contributed by atoms with Gasteiger partial charge in [-0.3, -0.25) is 19.8 Å². The SMILES string of the molecule is COCOc1cc2ccccc2cc1C(=O)c1ccc(C(=O)OC2(NC(=O)c3ccc(O[Si](C)(C)C(C)(C)C)cc3)CCCCCN2C(=O)O)cc1. The van der Waals surface area contributed by atoms with Gasteiger partial charge in [0.1, 0.15) is 11.5 Å². The molecule has 1 aliphatic heterocycles. The molecule has 274 valence electrons. The van der Waals surface area contributed by atoms with Crippen LogP contribution in [0, 0.1) is 0 Å². The van der Waals surface area contributed by atoms with Gasteiger partial charge in [-0.25, -0.2) is 9.59 Å². The third kappa shape index (κ3) is 8.46. The van der Waals surface area contributed by atoms with Gasteiger partial charge in [-0.15, -0.1) is 0 Å². The van der Waals surface area contributed by atoms with Crippen LogP contribution < -0.4 is 14.5 Å². The maximum absolute atomic E-state index is 13.7. The van der Waals surface area contributed by atoms with Crippen LogP contribution in [0.5, 0.6) is 11.5 Å². The number of hydrogen-bond donors (Lipinski definition) is 2. The number of nitrogens with one attached hydrogen (secondary N) is 1. The second-order valence-corrected chi connectivity index (χ2v) is 19.1. The summed E-state index contributed by atoms with van der Waals surface area (Å²) in [6.07, 6.45) is 0.425. The maximum atomic E-state index is 13.7. The molecule has 1 saturated heterocycles. The second-order valence-electron chi connectivity index (χ2n) is 14.4. The van der Waals surface area contributed by atoms with E-state index in [1.165, 1.54) is 31.4 Å². The quantitative estimate of drug-likeness (QED) is 0.0677. The number of carboxylic acid groups (broad SMARTS) is 1. The van der Waals surface area contributed by atoms with Gasteiger partial charge in [0, 0.05) is 31.2 Å². The third-order valence-electron chi connectivity index (χ3n) is 9.74. The number of methoxy groups -OCH3 is 1. The summed E-state index contributed by atoms with van der Waals surface area (Å²) in [5.74, 6) is -2.79. The lowest BCUT2D eigenvalue weighted by molar-refractivity contribution is -0.120. The van der Waals surface area contributed by atoms with Crippen molar-refractivity contribution < 1.29 is 42.9 Å². The Morgan fingerprint density at radius 2 is 1.46 bits per heavy atom. The van der Waals surface area contributed by atoms with Gasteiger partial charge in [0.15, 0.2) is 12.6 Å². The number of amides is 2. The Hall–Kier alpha value is -5.20. The summed E-state index contributed by atoms with van der Waals surface area (Å²) < 4.78 is 23.1. The molecule has 12 heteroatoms. The highest BCUT2D eigenvalue weighted by atomic mass is 28.4. The average molecular weight is 727 g/mol. The number of esters is 1. The van der Waals surface area contributed by atoms with Crippen LogP contribution in [0.1, 0.15) is 83.1 Å². The van der Waals surface area contributed by atoms with Crippen molar-refractivity contribution in [3.8, 4) is 11.5 Å². The standard InChI is InChI=1S/C40H46N2O9Si/c1-39(2,3)52(5,6)51-32-20-18-28(19-21-32)36(44)41-40(22-10-7-11-23-42(40)38(46)47)50-37(45)29-16-14-27(15-17-29)35(43)33-24-30-12-8-9-13-31(30)25-34(33)49-26-48-4/h8-9,12-21,24-25H,7,10-11,22-23,26H2,1-6H3,(H,41,44)(H,46,47). The monoisotopic (exact) mass is 726 g/mol. The van der Waals surface area contributed by atoms with Crippen LogP contribution in [-0.4, -0.2) is 68.4 Å². The van der Waals surface area contributed by atoms with E-state index in [1.54, 1.807) is 36.4 Å². The Balaban J connectivity index is 1.39. The van der Waals surface area contributed by atoms with Crippen LogP contribution in [0.2, 0.25) is 18.1 Å². The van der Waals surface area contributed by atoms with Gasteiger partial charge in [-0.1, -0.05) is 63.6 Å². The zero-order valence-electron chi connectivity index (χ0n) is 30.5. The molecule has 5 rings (SSSR count). The molecular weight excluding hydrogens is 681 g/mol. The molecule has 1 fully saturated rings. The number of ether oxygens (including phenoxy) is 3. The minimum atomic E-state index is -2.12. The summed E-state index contributed by atoms with van der Waals surface area (Å²) in [6.45, 7) is 10.7. The Morgan fingerprint density at radius 1 is 0.846 bits per heavy atom. The van der Waals surface area contributed by atoms with Crippen LogP contribution in [0.3, 0.4) is 0 Å². The van der Waals surface area contributed by atoms with Crippen LogP contribution in [0.25, 0.3) is 10.8 Å². The molecule has 1 unspecified atom stereocenters. The molecule has 1 atom stereocenters. The number of rotatable bonds is 11. The van der Waals surface area contributed by atoms with Gasteiger partial charge >= 0.3 is 12.1 Å². The fourth-order valence-electron chi connectivity index (χ4n) is 5.77. The fourth-order valence-corrected chi connectivity index (χ4v) is 6.81. The predicted octanol–water partition coefficient (Wildman–Crippen LogP) is 8.23. The maximum Gasteiger partial charge on any atom is 0.411 e. The molecule has 4 aromatic carbocycles. The first-order chi connectivity index (χ1) is 24.6. The molecule has 0 aromatic heterocycles. The molecule has 4 aromatic rings. The van der Waals surface area contributed by atoms with Gasteiger partial charge in [-0.2, -0.15) is 0 Å². The van der Waals surface area contributed by atoms with E-state index in [4.69, 9.17) is 18.6 Å². The van der Waals surface area contributed by atoms with Crippen molar-refractivity contribution in [2.45, 2.75) is 70.4 Å². The Morgan fingerprint density at radius 3 is 2.08 bits per heavy atom. The van der Waals surface area contributed by atoms with Crippen molar-refractivity contribution in [1.82, 2.24) is 10.2 Å². The Labute approximate surface area is 304 Å². The van der Waals surface area contributed by atoms with Gasteiger partial charge < -0.3 is 23.7 Å². The van der Waals surface area contributed by atoms with Crippen LogP contribution in [0.15, 0.2) is 84.9 Å². The number of carbonyl (C=O) groups excluding carboxylic acids is 3. The summed E-state index contributed by atoms with van der Waals surface area (Å²) in [5, 5.41) is 14.7. The normalized spacial score (nSPS) is 16.5. The zero-order chi connectivity index (χ0) is 37.7. The van der Waals surface area contributed by atoms with E-state index in [-0.39, 0.29) is 41.7 Å². The predicted molar refractivity (Wildman–Crippen MR) is 199 cm³/mol. The van der Waals surface area contributed by atoms with Gasteiger partial charge in [-0.05, 0) is 90.3 Å². The molecule has 2 N–H and O–H groups in total. The summed E-state index contributed by atoms with van der Waals surface area (Å²) >= 11 is 0. The van der Waals surface area contributed by atoms with Crippen molar-refractivity contribution in [3.63, 3.8) is 0 Å². The van der Waals surface area contributed by atoms with E-state index in [2.05, 4.69) is 39.2 Å². The Kier molecular flexibility index (Phi) is 11.4. The first-order valence-corrected chi connectivity index (χ1v) is 20.2. The molecule has 0 saturated carbocycles. The number of hydrogen-bond acceptors (Lipinski definition) is 8. The number of benzene rings is 4. The number of likely N-dealkylation sites (tertiary alicyclic amines) is 1. The van der Waals surface area contributed by atoms with Crippen molar-refractivity contribution in [2.75, 3.05) is 20.4 Å². The zero-order valence-corrected chi connectivity index (χ0v) is 31.5. The van der Waals surface area contributed by atoms with E-state index in [0.717, 1.165) is 15.7 Å². The van der Waals surface area contributed by atoms with Gasteiger partial charge in [0.25, 0.3) is 11.8 Å². The first kappa shape index (κ1) is 38.0. The molecule has 1 heterocycles. The molecule has 2 amide bonds. The fraction of sp³-hybridized carbons (Fsp3) is 0.350. The van der Waals surface area contributed by atoms with Crippen molar-refractivity contribution >= 4 is 42.8 Å². The van der Waals surface area contributed by atoms with Crippen molar-refractivity contribution in [1.29, 1.82) is 0 Å². The average Bonchev–Trinajstić information content (AvgIpc) is 3.31. The lowest BCUT2D eigenvalue weighted by atomic mass is 9.98. The molecule has 1 aliphatic rings. The summed E-state index contributed by atoms with van der Waals surface area (Å²) in [4.78, 5) is 54.7. The number of carbonyl (C=O) groups is 4. The highest BCUT2D eigenvalue weighted by molar-refractivity contribution is 6.74. The summed E-state index contributed by atoms with van der Waals surface area (Å²) in [5.41, 5.74) is 0.932. The third-order valence-corrected chi connectivity index (χ3v) is 14.1. The number of fused-ring (bicyclic) bond motifs is 1. The number of nitrogens with zero attached hydrogens (tertiary/aromatic N) is 1. The van der Waals surface area contributed by atoms with Gasteiger partial charge in [0.2, 0.25) is 8.32 Å². The van der Waals surface area contributed by atoms with Crippen LogP contribution >= 0.6 is 0 Å². The lowest BCUT2D eigenvalue weighted by Gasteiger charge is -2.40. The summed E-state index contributed by atoms with van der Waals surface area (Å²) in [7, 11) is -0.629. The van der Waals surface area contributed by atoms with Gasteiger partial charge in [0.05, 0.1) is 11.1 Å². The highest BCUT2D eigenvalue weighted by Crippen LogP contribution is 2.37. The molecule has 0 aliphatic carbocycles. The van der Waals surface area contributed by atoms with E-state index in [9.17, 15) is 24.3 Å². The molecule has 0 spiro atoms. The Bertz CT molecular complexity index is 1940. The first-order valence-electron chi connectivity index (χ1n) is 17.3. The lowest BCUT2D eigenvalue weighted by Crippen LogP contribution is -2.64. The minimum Gasteiger partial charge on any atom is -0.544 e. The smallest absolute Gasteiger partial charge is 0.411 e. The molecule has 52 heavy (non-hydrogen) atoms. The van der Waals surface area contributed by atoms with E-state index in [1.807, 2.05) is 24.3 Å². The summed E-state index contributed by atoms with van der Waals surface area (Å²) in [6, 6.07) is 23.6. The highest BCUT2D eigenvalue weighted by Gasteiger charge is 2.46. The molecule has 0 radical (unpaired) electrons. The van der Waals surface area contributed by atoms with E-state index < -0.39 is 32.1 Å². The molecule has 11 nitrogen and oxygen atoms in total. The second kappa shape index (κ2) is 15.6. The van der Waals surface area contributed by atoms with Crippen LogP contribution in [-0.2, 0) is 9.47 Å². The van der Waals surface area contributed by atoms with Crippen molar-refractivity contribution in [3.05, 3.63) is 107 Å². The van der Waals surface area contributed by atoms with E-state index in [0.29, 0.717) is 41.9 Å². The largest absolute Gasteiger partial charge is 0.544 e. The minimum absolute atomic E-state index is 0.0191. The molecular formula is C40H46N2O9Si. The van der Waals surface area contributed by atoms with Crippen molar-refractivity contribution in [2.24, 2.45) is 0 Å². The van der Waals surface area contributed by atoms with Crippen LogP contribution in [0.4, 0.5) is 4.79 Å². The molecule has 0 bridgehead atoms. The van der Waals surface area contributed by atoms with E-state index >= 15 is 0 Å².